The van der Waals surface area contributed by atoms with Crippen LogP contribution >= 0.6 is 0 Å². The largest absolute Gasteiger partial charge is 0.341 e. The molecule has 0 spiro atoms. The van der Waals surface area contributed by atoms with Gasteiger partial charge in [-0.3, -0.25) is 4.79 Å². The zero-order valence-corrected chi connectivity index (χ0v) is 12.2. The summed E-state index contributed by atoms with van der Waals surface area (Å²) in [7, 11) is 1.94. The van der Waals surface area contributed by atoms with Crippen molar-refractivity contribution in [3.8, 4) is 0 Å². The summed E-state index contributed by atoms with van der Waals surface area (Å²) >= 11 is 0. The fourth-order valence-electron chi connectivity index (χ4n) is 3.58. The Hall–Kier alpha value is -1.35. The normalized spacial score (nSPS) is 32.7. The number of nitrogens with two attached hydrogens (primary N) is 1. The molecule has 0 bridgehead atoms. The van der Waals surface area contributed by atoms with Gasteiger partial charge in [-0.15, -0.1) is 0 Å². The maximum Gasteiger partial charge on any atom is 0.226 e. The van der Waals surface area contributed by atoms with Crippen LogP contribution in [0.2, 0.25) is 0 Å². The van der Waals surface area contributed by atoms with Gasteiger partial charge in [0, 0.05) is 25.0 Å². The molecule has 0 aromatic heterocycles. The zero-order valence-electron chi connectivity index (χ0n) is 12.2. The van der Waals surface area contributed by atoms with Crippen LogP contribution in [0.5, 0.6) is 0 Å². The van der Waals surface area contributed by atoms with Crippen LogP contribution in [0, 0.1) is 5.92 Å². The average molecular weight is 272 g/mol. The van der Waals surface area contributed by atoms with E-state index in [4.69, 9.17) is 5.73 Å². The predicted molar refractivity (Wildman–Crippen MR) is 80.3 cm³/mol. The highest BCUT2D eigenvalue weighted by molar-refractivity contribution is 5.83. The standard InChI is InChI=1S/C17H24N2O/c1-19(16-10-6-5-9-15(16)18)17(20)14-11-13(14)12-7-3-2-4-8-12/h2-4,7-8,13-16H,5-6,9-11,18H2,1H3. The van der Waals surface area contributed by atoms with E-state index in [0.29, 0.717) is 11.8 Å². The second-order valence-corrected chi connectivity index (χ2v) is 6.32. The third-order valence-corrected chi connectivity index (χ3v) is 4.96. The van der Waals surface area contributed by atoms with Gasteiger partial charge in [0.05, 0.1) is 0 Å². The van der Waals surface area contributed by atoms with Crippen molar-refractivity contribution >= 4 is 5.91 Å². The first-order valence-electron chi connectivity index (χ1n) is 7.75. The van der Waals surface area contributed by atoms with Gasteiger partial charge in [-0.25, -0.2) is 0 Å². The van der Waals surface area contributed by atoms with E-state index in [0.717, 1.165) is 19.3 Å². The van der Waals surface area contributed by atoms with Crippen molar-refractivity contribution in [3.63, 3.8) is 0 Å². The van der Waals surface area contributed by atoms with E-state index >= 15 is 0 Å². The lowest BCUT2D eigenvalue weighted by molar-refractivity contribution is -0.134. The molecule has 2 aliphatic rings. The van der Waals surface area contributed by atoms with Gasteiger partial charge in [0.15, 0.2) is 0 Å². The molecular weight excluding hydrogens is 248 g/mol. The Balaban J connectivity index is 1.62. The first-order valence-corrected chi connectivity index (χ1v) is 7.75. The van der Waals surface area contributed by atoms with Crippen LogP contribution in [0.4, 0.5) is 0 Å². The Kier molecular flexibility index (Phi) is 3.79. The molecule has 0 aliphatic heterocycles. The van der Waals surface area contributed by atoms with Crippen molar-refractivity contribution in [2.75, 3.05) is 7.05 Å². The van der Waals surface area contributed by atoms with Crippen molar-refractivity contribution in [2.45, 2.75) is 50.1 Å². The van der Waals surface area contributed by atoms with E-state index in [1.54, 1.807) is 0 Å². The van der Waals surface area contributed by atoms with E-state index in [-0.39, 0.29) is 18.0 Å². The second kappa shape index (κ2) is 5.57. The molecule has 0 radical (unpaired) electrons. The molecule has 2 N–H and O–H groups in total. The van der Waals surface area contributed by atoms with Crippen LogP contribution in [0.1, 0.15) is 43.6 Å². The van der Waals surface area contributed by atoms with Crippen LogP contribution in [0.25, 0.3) is 0 Å². The quantitative estimate of drug-likeness (QED) is 0.919. The smallest absolute Gasteiger partial charge is 0.226 e. The molecule has 3 heteroatoms. The molecule has 1 aromatic carbocycles. The number of hydrogen-bond donors (Lipinski definition) is 1. The number of amides is 1. The highest BCUT2D eigenvalue weighted by Crippen LogP contribution is 2.48. The van der Waals surface area contributed by atoms with Gasteiger partial charge in [-0.1, -0.05) is 43.2 Å². The molecule has 2 fully saturated rings. The minimum Gasteiger partial charge on any atom is -0.341 e. The molecule has 4 atom stereocenters. The van der Waals surface area contributed by atoms with Crippen LogP contribution in [0.15, 0.2) is 30.3 Å². The third-order valence-electron chi connectivity index (χ3n) is 4.96. The summed E-state index contributed by atoms with van der Waals surface area (Å²) in [4.78, 5) is 14.5. The molecule has 2 aliphatic carbocycles. The van der Waals surface area contributed by atoms with Crippen LogP contribution in [-0.2, 0) is 4.79 Å². The van der Waals surface area contributed by atoms with Crippen molar-refractivity contribution in [1.29, 1.82) is 0 Å². The number of hydrogen-bond acceptors (Lipinski definition) is 2. The SMILES string of the molecule is CN(C(=O)C1CC1c1ccccc1)C1CCCCC1N. The first-order chi connectivity index (χ1) is 9.68. The van der Waals surface area contributed by atoms with Crippen molar-refractivity contribution < 1.29 is 4.79 Å². The second-order valence-electron chi connectivity index (χ2n) is 6.32. The molecule has 1 amide bonds. The number of carbonyl (C=O) groups excluding carboxylic acids is 1. The Bertz CT molecular complexity index is 473. The Morgan fingerprint density at radius 1 is 1.20 bits per heavy atom. The number of benzene rings is 1. The minimum absolute atomic E-state index is 0.159. The zero-order chi connectivity index (χ0) is 14.1. The summed E-state index contributed by atoms with van der Waals surface area (Å²) in [6.45, 7) is 0. The van der Waals surface area contributed by atoms with Crippen LogP contribution in [-0.4, -0.2) is 29.9 Å². The number of nitrogens with zero attached hydrogens (tertiary/aromatic N) is 1. The molecule has 3 nitrogen and oxygen atoms in total. The van der Waals surface area contributed by atoms with E-state index < -0.39 is 0 Å². The molecule has 2 saturated carbocycles. The summed E-state index contributed by atoms with van der Waals surface area (Å²) < 4.78 is 0. The molecule has 0 saturated heterocycles. The fourth-order valence-corrected chi connectivity index (χ4v) is 3.58. The van der Waals surface area contributed by atoms with Gasteiger partial charge < -0.3 is 10.6 Å². The van der Waals surface area contributed by atoms with Crippen LogP contribution < -0.4 is 5.73 Å². The van der Waals surface area contributed by atoms with Crippen molar-refractivity contribution in [3.05, 3.63) is 35.9 Å². The molecule has 20 heavy (non-hydrogen) atoms. The van der Waals surface area contributed by atoms with Gasteiger partial charge in [-0.2, -0.15) is 0 Å². The van der Waals surface area contributed by atoms with E-state index in [9.17, 15) is 4.79 Å². The van der Waals surface area contributed by atoms with E-state index in [1.165, 1.54) is 18.4 Å². The summed E-state index contributed by atoms with van der Waals surface area (Å²) in [5, 5.41) is 0. The minimum atomic E-state index is 0.159. The highest BCUT2D eigenvalue weighted by Gasteiger charge is 2.46. The van der Waals surface area contributed by atoms with Crippen molar-refractivity contribution in [2.24, 2.45) is 11.7 Å². The monoisotopic (exact) mass is 272 g/mol. The lowest BCUT2D eigenvalue weighted by atomic mass is 9.90. The third kappa shape index (κ3) is 2.59. The molecule has 108 valence electrons. The number of carbonyl (C=O) groups is 1. The lowest BCUT2D eigenvalue weighted by Crippen LogP contribution is -2.50. The maximum absolute atomic E-state index is 12.6. The number of rotatable bonds is 3. The van der Waals surface area contributed by atoms with Gasteiger partial charge in [0.2, 0.25) is 5.91 Å². The number of likely N-dealkylation sites (N-methyl/N-ethyl adjacent to an activating group) is 1. The molecule has 4 unspecified atom stereocenters. The molecule has 1 aromatic rings. The van der Waals surface area contributed by atoms with E-state index in [1.807, 2.05) is 18.0 Å². The van der Waals surface area contributed by atoms with Gasteiger partial charge in [0.25, 0.3) is 0 Å². The summed E-state index contributed by atoms with van der Waals surface area (Å²) in [6, 6.07) is 10.8. The first kappa shape index (κ1) is 13.6. The maximum atomic E-state index is 12.6. The van der Waals surface area contributed by atoms with E-state index in [2.05, 4.69) is 24.3 Å². The Labute approximate surface area is 121 Å². The van der Waals surface area contributed by atoms with Gasteiger partial charge >= 0.3 is 0 Å². The predicted octanol–water partition coefficient (Wildman–Crippen LogP) is 2.52. The Morgan fingerprint density at radius 2 is 1.90 bits per heavy atom. The topological polar surface area (TPSA) is 46.3 Å². The highest BCUT2D eigenvalue weighted by atomic mass is 16.2. The molecular formula is C17H24N2O. The fraction of sp³-hybridized carbons (Fsp3) is 0.588. The average Bonchev–Trinajstić information content (AvgIpc) is 3.28. The Morgan fingerprint density at radius 3 is 2.60 bits per heavy atom. The summed E-state index contributed by atoms with van der Waals surface area (Å²) in [6.07, 6.45) is 5.51. The summed E-state index contributed by atoms with van der Waals surface area (Å²) in [5.74, 6) is 0.892. The van der Waals surface area contributed by atoms with Crippen LogP contribution in [0.3, 0.4) is 0 Å². The van der Waals surface area contributed by atoms with Gasteiger partial charge in [-0.05, 0) is 30.7 Å². The van der Waals surface area contributed by atoms with Gasteiger partial charge in [0.1, 0.15) is 0 Å². The molecule has 0 heterocycles. The van der Waals surface area contributed by atoms with Crippen molar-refractivity contribution in [1.82, 2.24) is 4.90 Å². The summed E-state index contributed by atoms with van der Waals surface area (Å²) in [5.41, 5.74) is 7.49. The lowest BCUT2D eigenvalue weighted by Gasteiger charge is -2.36. The molecule has 3 rings (SSSR count).